The van der Waals surface area contributed by atoms with E-state index >= 15 is 0 Å². The number of fused-ring (bicyclic) bond motifs is 1. The van der Waals surface area contributed by atoms with Crippen molar-refractivity contribution in [3.63, 3.8) is 0 Å². The van der Waals surface area contributed by atoms with E-state index in [-0.39, 0.29) is 5.41 Å². The lowest BCUT2D eigenvalue weighted by molar-refractivity contribution is 0.319. The van der Waals surface area contributed by atoms with Crippen LogP contribution in [0.5, 0.6) is 0 Å². The van der Waals surface area contributed by atoms with E-state index < -0.39 is 0 Å². The summed E-state index contributed by atoms with van der Waals surface area (Å²) in [5.74, 6) is 0.736. The molecule has 1 aromatic rings. The highest BCUT2D eigenvalue weighted by Crippen LogP contribution is 2.47. The van der Waals surface area contributed by atoms with Crippen LogP contribution < -0.4 is 0 Å². The van der Waals surface area contributed by atoms with Crippen molar-refractivity contribution < 1.29 is 0 Å². The monoisotopic (exact) mass is 230 g/mol. The van der Waals surface area contributed by atoms with E-state index in [1.165, 1.54) is 12.8 Å². The van der Waals surface area contributed by atoms with Crippen molar-refractivity contribution >= 4 is 0 Å². The summed E-state index contributed by atoms with van der Waals surface area (Å²) in [6.07, 6.45) is 2.59. The van der Waals surface area contributed by atoms with Crippen LogP contribution in [0.25, 0.3) is 0 Å². The quantitative estimate of drug-likeness (QED) is 0.584. The molecule has 0 heterocycles. The molecule has 0 amide bonds. The van der Waals surface area contributed by atoms with E-state index in [1.807, 2.05) is 0 Å². The fourth-order valence-corrected chi connectivity index (χ4v) is 3.26. The first-order valence-electron chi connectivity index (χ1n) is 6.83. The average Bonchev–Trinajstić information content (AvgIpc) is 2.57. The topological polar surface area (TPSA) is 0 Å². The summed E-state index contributed by atoms with van der Waals surface area (Å²) < 4.78 is 0. The maximum absolute atomic E-state index is 2.37. The van der Waals surface area contributed by atoms with Crippen molar-refractivity contribution in [1.82, 2.24) is 0 Å². The van der Waals surface area contributed by atoms with Crippen LogP contribution in [0.15, 0.2) is 18.2 Å². The predicted octanol–water partition coefficient (Wildman–Crippen LogP) is 5.06. The lowest BCUT2D eigenvalue weighted by Crippen LogP contribution is -2.17. The maximum atomic E-state index is 2.37. The van der Waals surface area contributed by atoms with Crippen LogP contribution >= 0.6 is 0 Å². The smallest absolute Gasteiger partial charge is 0.0107 e. The van der Waals surface area contributed by atoms with E-state index in [4.69, 9.17) is 0 Å². The van der Waals surface area contributed by atoms with Crippen molar-refractivity contribution in [2.75, 3.05) is 0 Å². The zero-order chi connectivity index (χ0) is 12.8. The van der Waals surface area contributed by atoms with Crippen molar-refractivity contribution in [2.24, 2.45) is 5.41 Å². The Morgan fingerprint density at radius 1 is 1.00 bits per heavy atom. The molecule has 17 heavy (non-hydrogen) atoms. The summed E-state index contributed by atoms with van der Waals surface area (Å²) in [5.41, 5.74) is 5.48. The minimum absolute atomic E-state index is 0.276. The molecular weight excluding hydrogens is 204 g/mol. The Hall–Kier alpha value is -0.780. The SMILES string of the molecule is CC(C)(C)c1cccc2c1CCC2C(C)(C)C. The minimum Gasteiger partial charge on any atom is -0.0617 e. The van der Waals surface area contributed by atoms with E-state index in [2.05, 4.69) is 59.7 Å². The normalized spacial score (nSPS) is 20.5. The second-order valence-electron chi connectivity index (χ2n) is 7.58. The van der Waals surface area contributed by atoms with Crippen LogP contribution in [0.2, 0.25) is 0 Å². The third-order valence-electron chi connectivity index (χ3n) is 4.12. The molecule has 0 aromatic heterocycles. The van der Waals surface area contributed by atoms with Gasteiger partial charge in [-0.05, 0) is 46.3 Å². The highest BCUT2D eigenvalue weighted by Gasteiger charge is 2.34. The van der Waals surface area contributed by atoms with Crippen LogP contribution in [-0.2, 0) is 11.8 Å². The summed E-state index contributed by atoms with van der Waals surface area (Å²) >= 11 is 0. The largest absolute Gasteiger partial charge is 0.0617 e. The fraction of sp³-hybridized carbons (Fsp3) is 0.647. The highest BCUT2D eigenvalue weighted by atomic mass is 14.4. The molecule has 0 saturated carbocycles. The van der Waals surface area contributed by atoms with Gasteiger partial charge in [0.15, 0.2) is 0 Å². The molecule has 94 valence electrons. The number of hydrogen-bond donors (Lipinski definition) is 0. The van der Waals surface area contributed by atoms with Crippen LogP contribution in [-0.4, -0.2) is 0 Å². The van der Waals surface area contributed by atoms with Crippen molar-refractivity contribution in [2.45, 2.75) is 65.7 Å². The Kier molecular flexibility index (Phi) is 2.88. The summed E-state index contributed by atoms with van der Waals surface area (Å²) in [6, 6.07) is 6.93. The van der Waals surface area contributed by atoms with Crippen LogP contribution in [0.1, 0.15) is 70.6 Å². The summed E-state index contributed by atoms with van der Waals surface area (Å²) in [6.45, 7) is 14.1. The zero-order valence-electron chi connectivity index (χ0n) is 12.2. The molecule has 1 aromatic carbocycles. The molecule has 1 unspecified atom stereocenters. The van der Waals surface area contributed by atoms with Gasteiger partial charge in [0, 0.05) is 0 Å². The van der Waals surface area contributed by atoms with E-state index in [0.717, 1.165) is 5.92 Å². The first kappa shape index (κ1) is 12.7. The number of benzene rings is 1. The van der Waals surface area contributed by atoms with Gasteiger partial charge in [-0.25, -0.2) is 0 Å². The Labute approximate surface area is 106 Å². The van der Waals surface area contributed by atoms with Crippen molar-refractivity contribution in [1.29, 1.82) is 0 Å². The van der Waals surface area contributed by atoms with Gasteiger partial charge in [0.25, 0.3) is 0 Å². The van der Waals surface area contributed by atoms with Gasteiger partial charge in [-0.3, -0.25) is 0 Å². The Morgan fingerprint density at radius 2 is 1.65 bits per heavy atom. The van der Waals surface area contributed by atoms with Crippen LogP contribution in [0, 0.1) is 5.41 Å². The van der Waals surface area contributed by atoms with Crippen LogP contribution in [0.4, 0.5) is 0 Å². The molecule has 1 aliphatic carbocycles. The van der Waals surface area contributed by atoms with Crippen LogP contribution in [0.3, 0.4) is 0 Å². The lowest BCUT2D eigenvalue weighted by atomic mass is 9.76. The Morgan fingerprint density at radius 3 is 2.18 bits per heavy atom. The standard InChI is InChI=1S/C17H26/c1-16(2,3)14-9-7-8-12-13(14)10-11-15(12)17(4,5)6/h7-9,15H,10-11H2,1-6H3. The molecule has 0 radical (unpaired) electrons. The molecule has 2 rings (SSSR count). The molecular formula is C17H26. The Balaban J connectivity index is 2.50. The summed E-state index contributed by atoms with van der Waals surface area (Å²) in [5, 5.41) is 0. The van der Waals surface area contributed by atoms with Gasteiger partial charge in [0.1, 0.15) is 0 Å². The average molecular weight is 230 g/mol. The van der Waals surface area contributed by atoms with Gasteiger partial charge in [0.2, 0.25) is 0 Å². The highest BCUT2D eigenvalue weighted by molar-refractivity contribution is 5.44. The molecule has 0 nitrogen and oxygen atoms in total. The Bertz CT molecular complexity index is 413. The van der Waals surface area contributed by atoms with Gasteiger partial charge in [-0.15, -0.1) is 0 Å². The van der Waals surface area contributed by atoms with Gasteiger partial charge < -0.3 is 0 Å². The molecule has 0 heteroatoms. The molecule has 0 saturated heterocycles. The molecule has 0 spiro atoms. The van der Waals surface area contributed by atoms with E-state index in [0.29, 0.717) is 5.41 Å². The molecule has 0 bridgehead atoms. The summed E-state index contributed by atoms with van der Waals surface area (Å²) in [4.78, 5) is 0. The fourth-order valence-electron chi connectivity index (χ4n) is 3.26. The minimum atomic E-state index is 0.276. The van der Waals surface area contributed by atoms with Gasteiger partial charge in [-0.1, -0.05) is 59.7 Å². The predicted molar refractivity (Wildman–Crippen MR) is 75.7 cm³/mol. The molecule has 0 aliphatic heterocycles. The molecule has 0 fully saturated rings. The van der Waals surface area contributed by atoms with Gasteiger partial charge in [0.05, 0.1) is 0 Å². The third-order valence-corrected chi connectivity index (χ3v) is 4.12. The van der Waals surface area contributed by atoms with Crippen molar-refractivity contribution in [3.05, 3.63) is 34.9 Å². The van der Waals surface area contributed by atoms with E-state index in [1.54, 1.807) is 16.7 Å². The summed E-state index contributed by atoms with van der Waals surface area (Å²) in [7, 11) is 0. The maximum Gasteiger partial charge on any atom is -0.0107 e. The third kappa shape index (κ3) is 2.27. The van der Waals surface area contributed by atoms with E-state index in [9.17, 15) is 0 Å². The second-order valence-corrected chi connectivity index (χ2v) is 7.58. The van der Waals surface area contributed by atoms with Gasteiger partial charge >= 0.3 is 0 Å². The second kappa shape index (κ2) is 3.86. The molecule has 1 atom stereocenters. The first-order valence-corrected chi connectivity index (χ1v) is 6.83. The molecule has 1 aliphatic rings. The first-order chi connectivity index (χ1) is 7.71. The number of hydrogen-bond acceptors (Lipinski definition) is 0. The van der Waals surface area contributed by atoms with Crippen molar-refractivity contribution in [3.8, 4) is 0 Å². The van der Waals surface area contributed by atoms with Gasteiger partial charge in [-0.2, -0.15) is 0 Å². The number of rotatable bonds is 0. The zero-order valence-corrected chi connectivity index (χ0v) is 12.2. The lowest BCUT2D eigenvalue weighted by Gasteiger charge is -2.29. The molecule has 0 N–H and O–H groups in total.